The number of carbonyl (C=O) groups excluding carboxylic acids is 2. The number of hydrogen-bond acceptors (Lipinski definition) is 4. The van der Waals surface area contributed by atoms with Crippen molar-refractivity contribution in [3.63, 3.8) is 0 Å². The minimum atomic E-state index is -1.52. The third kappa shape index (κ3) is 2.54. The lowest BCUT2D eigenvalue weighted by Crippen LogP contribution is -2.56. The summed E-state index contributed by atoms with van der Waals surface area (Å²) in [4.78, 5) is 38.5. The molecule has 25 heavy (non-hydrogen) atoms. The maximum atomic E-state index is 13.3. The Balaban J connectivity index is 2.13. The molecule has 134 valence electrons. The normalized spacial score (nSPS) is 31.7. The number of benzene rings is 1. The van der Waals surface area contributed by atoms with E-state index in [2.05, 4.69) is 5.32 Å². The Bertz CT molecular complexity index is 733. The van der Waals surface area contributed by atoms with E-state index >= 15 is 0 Å². The summed E-state index contributed by atoms with van der Waals surface area (Å²) in [6.45, 7) is 3.75. The van der Waals surface area contributed by atoms with Crippen molar-refractivity contribution in [2.45, 2.75) is 31.8 Å². The number of rotatable bonds is 4. The first-order valence-corrected chi connectivity index (χ1v) is 8.27. The number of carbonyl (C=O) groups is 3. The lowest BCUT2D eigenvalue weighted by atomic mass is 9.75. The van der Waals surface area contributed by atoms with E-state index in [4.69, 9.17) is 0 Å². The van der Waals surface area contributed by atoms with Crippen LogP contribution in [0.3, 0.4) is 0 Å². The molecule has 2 heterocycles. The van der Waals surface area contributed by atoms with Crippen molar-refractivity contribution in [1.29, 1.82) is 0 Å². The molecule has 4 atom stereocenters. The third-order valence-electron chi connectivity index (χ3n) is 5.22. The van der Waals surface area contributed by atoms with Gasteiger partial charge in [-0.2, -0.15) is 0 Å². The van der Waals surface area contributed by atoms with Gasteiger partial charge in [-0.1, -0.05) is 26.0 Å². The number of aliphatic carboxylic acids is 1. The van der Waals surface area contributed by atoms with E-state index in [1.807, 2.05) is 13.8 Å². The van der Waals surface area contributed by atoms with E-state index < -0.39 is 47.0 Å². The summed E-state index contributed by atoms with van der Waals surface area (Å²) in [6, 6.07) is 4.92. The van der Waals surface area contributed by atoms with Crippen LogP contribution in [0.2, 0.25) is 0 Å². The van der Waals surface area contributed by atoms with Gasteiger partial charge >= 0.3 is 5.97 Å². The second kappa shape index (κ2) is 5.91. The summed E-state index contributed by atoms with van der Waals surface area (Å²) in [5.41, 5.74) is -0.921. The highest BCUT2D eigenvalue weighted by atomic mass is 19.1. The van der Waals surface area contributed by atoms with Gasteiger partial charge in [0.25, 0.3) is 0 Å². The van der Waals surface area contributed by atoms with E-state index in [0.29, 0.717) is 5.56 Å². The van der Waals surface area contributed by atoms with Crippen molar-refractivity contribution in [3.05, 3.63) is 35.6 Å². The Morgan fingerprint density at radius 2 is 1.88 bits per heavy atom. The van der Waals surface area contributed by atoms with Crippen LogP contribution >= 0.6 is 0 Å². The topological polar surface area (TPSA) is 86.7 Å². The molecule has 0 spiro atoms. The standard InChI is InChI=1S/C18H21FN2O4/c1-9(2)8-18(17(24)25)13-12(15(22)21(3)16(13)23)14(20-18)10-4-6-11(19)7-5-10/h4-7,9,12-14,20H,8H2,1-3H3,(H,24,25). The molecule has 0 aliphatic carbocycles. The highest BCUT2D eigenvalue weighted by molar-refractivity contribution is 6.09. The SMILES string of the molecule is CC(C)CC1(C(=O)O)NC(c2ccc(F)cc2)C2C(=O)N(C)C(=O)C21. The van der Waals surface area contributed by atoms with Gasteiger partial charge in [0, 0.05) is 13.1 Å². The Labute approximate surface area is 145 Å². The van der Waals surface area contributed by atoms with Crippen LogP contribution in [0.1, 0.15) is 31.9 Å². The molecule has 7 heteroatoms. The number of nitrogens with zero attached hydrogens (tertiary/aromatic N) is 1. The molecule has 4 unspecified atom stereocenters. The van der Waals surface area contributed by atoms with Crippen molar-refractivity contribution in [1.82, 2.24) is 10.2 Å². The number of likely N-dealkylation sites (tertiary alicyclic amines) is 1. The van der Waals surface area contributed by atoms with Crippen LogP contribution in [0.15, 0.2) is 24.3 Å². The molecule has 3 rings (SSSR count). The number of fused-ring (bicyclic) bond motifs is 1. The first kappa shape index (κ1) is 17.5. The molecule has 2 aliphatic rings. The molecule has 2 saturated heterocycles. The fourth-order valence-corrected chi connectivity index (χ4v) is 4.22. The van der Waals surface area contributed by atoms with Gasteiger partial charge in [0.2, 0.25) is 11.8 Å². The number of carboxylic acid groups (broad SMARTS) is 1. The van der Waals surface area contributed by atoms with Crippen LogP contribution in [0.25, 0.3) is 0 Å². The lowest BCUT2D eigenvalue weighted by Gasteiger charge is -2.32. The first-order valence-electron chi connectivity index (χ1n) is 8.27. The quantitative estimate of drug-likeness (QED) is 0.807. The Hall–Kier alpha value is -2.28. The first-order chi connectivity index (χ1) is 11.7. The summed E-state index contributed by atoms with van der Waals surface area (Å²) in [5, 5.41) is 13.0. The van der Waals surface area contributed by atoms with E-state index in [0.717, 1.165) is 4.90 Å². The number of hydrogen-bond donors (Lipinski definition) is 2. The molecule has 6 nitrogen and oxygen atoms in total. The molecular weight excluding hydrogens is 327 g/mol. The second-order valence-corrected chi connectivity index (χ2v) is 7.29. The number of halogens is 1. The van der Waals surface area contributed by atoms with Gasteiger partial charge in [-0.25, -0.2) is 4.39 Å². The highest BCUT2D eigenvalue weighted by Crippen LogP contribution is 2.50. The smallest absolute Gasteiger partial charge is 0.324 e. The van der Waals surface area contributed by atoms with Crippen molar-refractivity contribution < 1.29 is 23.9 Å². The summed E-state index contributed by atoms with van der Waals surface area (Å²) in [6.07, 6.45) is 0.216. The summed E-state index contributed by atoms with van der Waals surface area (Å²) in [7, 11) is 1.38. The minimum Gasteiger partial charge on any atom is -0.480 e. The van der Waals surface area contributed by atoms with Gasteiger partial charge in [0.1, 0.15) is 11.4 Å². The Morgan fingerprint density at radius 1 is 1.28 bits per heavy atom. The van der Waals surface area contributed by atoms with E-state index in [9.17, 15) is 23.9 Å². The number of carboxylic acids is 1. The number of nitrogens with one attached hydrogen (secondary N) is 1. The maximum Gasteiger partial charge on any atom is 0.324 e. The van der Waals surface area contributed by atoms with Gasteiger partial charge < -0.3 is 5.11 Å². The molecule has 2 fully saturated rings. The Morgan fingerprint density at radius 3 is 2.40 bits per heavy atom. The van der Waals surface area contributed by atoms with Crippen LogP contribution in [0.5, 0.6) is 0 Å². The van der Waals surface area contributed by atoms with Crippen LogP contribution < -0.4 is 5.32 Å². The fraction of sp³-hybridized carbons (Fsp3) is 0.500. The molecule has 2 aliphatic heterocycles. The summed E-state index contributed by atoms with van der Waals surface area (Å²) < 4.78 is 13.3. The average molecular weight is 348 g/mol. The zero-order valence-corrected chi connectivity index (χ0v) is 14.3. The number of imide groups is 1. The largest absolute Gasteiger partial charge is 0.480 e. The van der Waals surface area contributed by atoms with Crippen molar-refractivity contribution >= 4 is 17.8 Å². The molecule has 1 aromatic rings. The lowest BCUT2D eigenvalue weighted by molar-refractivity contribution is -0.151. The van der Waals surface area contributed by atoms with Crippen LogP contribution in [-0.4, -0.2) is 40.4 Å². The zero-order valence-electron chi connectivity index (χ0n) is 14.3. The molecule has 1 aromatic carbocycles. The van der Waals surface area contributed by atoms with Gasteiger partial charge in [-0.3, -0.25) is 24.6 Å². The molecule has 0 radical (unpaired) electrons. The van der Waals surface area contributed by atoms with Crippen LogP contribution in [0.4, 0.5) is 4.39 Å². The molecule has 0 bridgehead atoms. The van der Waals surface area contributed by atoms with Gasteiger partial charge in [-0.15, -0.1) is 0 Å². The Kier molecular flexibility index (Phi) is 4.15. The predicted octanol–water partition coefficient (Wildman–Crippen LogP) is 1.57. The van der Waals surface area contributed by atoms with Crippen LogP contribution in [0, 0.1) is 23.6 Å². The van der Waals surface area contributed by atoms with Gasteiger partial charge in [-0.05, 0) is 30.0 Å². The minimum absolute atomic E-state index is 0.00465. The van der Waals surface area contributed by atoms with Gasteiger partial charge in [0.15, 0.2) is 0 Å². The molecule has 2 amide bonds. The monoisotopic (exact) mass is 348 g/mol. The van der Waals surface area contributed by atoms with Crippen molar-refractivity contribution in [2.24, 2.45) is 17.8 Å². The molecule has 2 N–H and O–H groups in total. The van der Waals surface area contributed by atoms with E-state index in [-0.39, 0.29) is 12.3 Å². The predicted molar refractivity (Wildman–Crippen MR) is 86.9 cm³/mol. The van der Waals surface area contributed by atoms with Crippen LogP contribution in [-0.2, 0) is 14.4 Å². The zero-order chi connectivity index (χ0) is 18.5. The average Bonchev–Trinajstić information content (AvgIpc) is 2.99. The molecular formula is C18H21FN2O4. The molecule has 0 saturated carbocycles. The number of amides is 2. The maximum absolute atomic E-state index is 13.3. The third-order valence-corrected chi connectivity index (χ3v) is 5.22. The fourth-order valence-electron chi connectivity index (χ4n) is 4.22. The van der Waals surface area contributed by atoms with E-state index in [1.165, 1.54) is 31.3 Å². The second-order valence-electron chi connectivity index (χ2n) is 7.29. The van der Waals surface area contributed by atoms with E-state index in [1.54, 1.807) is 0 Å². The van der Waals surface area contributed by atoms with Crippen molar-refractivity contribution in [2.75, 3.05) is 7.05 Å². The van der Waals surface area contributed by atoms with Crippen molar-refractivity contribution in [3.8, 4) is 0 Å². The highest BCUT2D eigenvalue weighted by Gasteiger charge is 2.67. The van der Waals surface area contributed by atoms with Gasteiger partial charge in [0.05, 0.1) is 11.8 Å². The summed E-state index contributed by atoms with van der Waals surface area (Å²) >= 11 is 0. The molecule has 0 aromatic heterocycles. The summed E-state index contributed by atoms with van der Waals surface area (Å²) in [5.74, 6) is -4.21.